The van der Waals surface area contributed by atoms with Crippen LogP contribution in [0, 0.1) is 0 Å². The summed E-state index contributed by atoms with van der Waals surface area (Å²) in [5, 5.41) is 0. The van der Waals surface area contributed by atoms with Crippen LogP contribution in [0.4, 0.5) is 0 Å². The molecule has 4 nitrogen and oxygen atoms in total. The van der Waals surface area contributed by atoms with Gasteiger partial charge in [-0.2, -0.15) is 0 Å². The van der Waals surface area contributed by atoms with E-state index in [2.05, 4.69) is 9.97 Å². The van der Waals surface area contributed by atoms with E-state index in [1.165, 1.54) is 0 Å². The summed E-state index contributed by atoms with van der Waals surface area (Å²) in [4.78, 5) is 9.08. The Morgan fingerprint density at radius 3 is 2.29 bits per heavy atom. The number of nitrogens with zero attached hydrogens (tertiary/aromatic N) is 2. The molecule has 0 saturated carbocycles. The first-order valence-corrected chi connectivity index (χ1v) is 6.64. The number of fused-ring (bicyclic) bond motifs is 2. The zero-order valence-electron chi connectivity index (χ0n) is 11.4. The van der Waals surface area contributed by atoms with Crippen molar-refractivity contribution in [1.82, 2.24) is 9.97 Å². The smallest absolute Gasteiger partial charge is 0.246 e. The Morgan fingerprint density at radius 1 is 0.857 bits per heavy atom. The van der Waals surface area contributed by atoms with Gasteiger partial charge in [-0.3, -0.25) is 0 Å². The molecule has 2 aromatic heterocycles. The molecule has 4 heteroatoms. The van der Waals surface area contributed by atoms with Crippen LogP contribution in [-0.2, 0) is 0 Å². The zero-order chi connectivity index (χ0) is 14.2. The van der Waals surface area contributed by atoms with E-state index in [0.717, 1.165) is 33.6 Å². The number of hydrogen-bond donors (Lipinski definition) is 0. The quantitative estimate of drug-likeness (QED) is 0.554. The van der Waals surface area contributed by atoms with Gasteiger partial charge in [-0.1, -0.05) is 12.1 Å². The first kappa shape index (κ1) is 11.9. The van der Waals surface area contributed by atoms with E-state index in [1.54, 1.807) is 7.11 Å². The number of benzene rings is 2. The largest absolute Gasteiger partial charge is 0.497 e. The summed E-state index contributed by atoms with van der Waals surface area (Å²) in [5.74, 6) is 1.57. The lowest BCUT2D eigenvalue weighted by molar-refractivity contribution is 0.415. The van der Waals surface area contributed by atoms with Gasteiger partial charge < -0.3 is 9.15 Å². The second-order valence-electron chi connectivity index (χ2n) is 4.74. The Labute approximate surface area is 121 Å². The molecule has 4 aromatic rings. The van der Waals surface area contributed by atoms with E-state index in [9.17, 15) is 0 Å². The van der Waals surface area contributed by atoms with Crippen molar-refractivity contribution in [2.24, 2.45) is 0 Å². The van der Waals surface area contributed by atoms with E-state index in [-0.39, 0.29) is 0 Å². The maximum absolute atomic E-state index is 5.82. The standard InChI is InChI=1S/C17H12N2O2/c1-20-12-8-6-11(7-9-12)16-10-15-17(21-16)19-14-5-3-2-4-13(14)18-15/h2-10H,1H3. The number of ether oxygens (including phenoxy) is 1. The van der Waals surface area contributed by atoms with Crippen LogP contribution >= 0.6 is 0 Å². The molecule has 0 amide bonds. The highest BCUT2D eigenvalue weighted by Gasteiger charge is 2.10. The molecule has 0 aliphatic carbocycles. The van der Waals surface area contributed by atoms with Crippen LogP contribution in [0.5, 0.6) is 5.75 Å². The van der Waals surface area contributed by atoms with Crippen molar-refractivity contribution in [3.63, 3.8) is 0 Å². The Bertz CT molecular complexity index is 874. The van der Waals surface area contributed by atoms with Gasteiger partial charge >= 0.3 is 0 Å². The van der Waals surface area contributed by atoms with Crippen molar-refractivity contribution in [2.75, 3.05) is 7.11 Å². The van der Waals surface area contributed by atoms with E-state index in [1.807, 2.05) is 54.6 Å². The highest BCUT2D eigenvalue weighted by atomic mass is 16.5. The van der Waals surface area contributed by atoms with E-state index in [4.69, 9.17) is 9.15 Å². The highest BCUT2D eigenvalue weighted by Crippen LogP contribution is 2.28. The first-order valence-electron chi connectivity index (χ1n) is 6.64. The molecule has 0 spiro atoms. The third-order valence-electron chi connectivity index (χ3n) is 3.41. The van der Waals surface area contributed by atoms with Crippen LogP contribution in [0.15, 0.2) is 59.0 Å². The lowest BCUT2D eigenvalue weighted by atomic mass is 10.1. The van der Waals surface area contributed by atoms with Crippen molar-refractivity contribution < 1.29 is 9.15 Å². The summed E-state index contributed by atoms with van der Waals surface area (Å²) >= 11 is 0. The van der Waals surface area contributed by atoms with Gasteiger partial charge in [0.15, 0.2) is 0 Å². The SMILES string of the molecule is COc1ccc(-c2cc3nc4ccccc4nc3o2)cc1. The van der Waals surface area contributed by atoms with Gasteiger partial charge in [0.25, 0.3) is 0 Å². The average Bonchev–Trinajstić information content (AvgIpc) is 2.95. The number of furan rings is 1. The van der Waals surface area contributed by atoms with Crippen molar-refractivity contribution in [2.45, 2.75) is 0 Å². The Morgan fingerprint density at radius 2 is 1.57 bits per heavy atom. The predicted octanol–water partition coefficient (Wildman–Crippen LogP) is 4.05. The second kappa shape index (κ2) is 4.59. The maximum Gasteiger partial charge on any atom is 0.246 e. The van der Waals surface area contributed by atoms with Crippen LogP contribution in [0.25, 0.3) is 33.6 Å². The third-order valence-corrected chi connectivity index (χ3v) is 3.41. The minimum atomic E-state index is 0.555. The minimum absolute atomic E-state index is 0.555. The summed E-state index contributed by atoms with van der Waals surface area (Å²) < 4.78 is 11.0. The van der Waals surface area contributed by atoms with Crippen LogP contribution in [0.3, 0.4) is 0 Å². The molecular weight excluding hydrogens is 264 g/mol. The highest BCUT2D eigenvalue weighted by molar-refractivity contribution is 5.85. The van der Waals surface area contributed by atoms with Crippen LogP contribution in [0.1, 0.15) is 0 Å². The molecular formula is C17H12N2O2. The monoisotopic (exact) mass is 276 g/mol. The van der Waals surface area contributed by atoms with Gasteiger partial charge in [-0.05, 0) is 36.4 Å². The molecule has 0 bridgehead atoms. The molecule has 0 N–H and O–H groups in total. The summed E-state index contributed by atoms with van der Waals surface area (Å²) in [5.41, 5.74) is 3.99. The van der Waals surface area contributed by atoms with E-state index in [0.29, 0.717) is 5.71 Å². The van der Waals surface area contributed by atoms with Crippen molar-refractivity contribution in [1.29, 1.82) is 0 Å². The molecule has 0 saturated heterocycles. The predicted molar refractivity (Wildman–Crippen MR) is 81.3 cm³/mol. The number of aromatic nitrogens is 2. The topological polar surface area (TPSA) is 48.2 Å². The van der Waals surface area contributed by atoms with Crippen LogP contribution in [0.2, 0.25) is 0 Å². The normalized spacial score (nSPS) is 11.1. The van der Waals surface area contributed by atoms with E-state index >= 15 is 0 Å². The van der Waals surface area contributed by atoms with Crippen molar-refractivity contribution >= 4 is 22.3 Å². The third kappa shape index (κ3) is 2.01. The molecule has 0 aliphatic heterocycles. The molecule has 2 heterocycles. The number of para-hydroxylation sites is 2. The molecule has 0 fully saturated rings. The Hall–Kier alpha value is -2.88. The van der Waals surface area contributed by atoms with Gasteiger partial charge in [0.1, 0.15) is 17.0 Å². The fraction of sp³-hybridized carbons (Fsp3) is 0.0588. The van der Waals surface area contributed by atoms with E-state index < -0.39 is 0 Å². The molecule has 4 rings (SSSR count). The lowest BCUT2D eigenvalue weighted by Gasteiger charge is -1.99. The second-order valence-corrected chi connectivity index (χ2v) is 4.74. The van der Waals surface area contributed by atoms with Crippen molar-refractivity contribution in [3.05, 3.63) is 54.6 Å². The van der Waals surface area contributed by atoms with Crippen LogP contribution in [-0.4, -0.2) is 17.1 Å². The fourth-order valence-electron chi connectivity index (χ4n) is 2.32. The average molecular weight is 276 g/mol. The Kier molecular flexibility index (Phi) is 2.60. The molecule has 0 radical (unpaired) electrons. The summed E-state index contributed by atoms with van der Waals surface area (Å²) in [6.07, 6.45) is 0. The summed E-state index contributed by atoms with van der Waals surface area (Å²) in [6, 6.07) is 17.4. The number of hydrogen-bond acceptors (Lipinski definition) is 4. The molecule has 0 aliphatic rings. The fourth-order valence-corrected chi connectivity index (χ4v) is 2.32. The zero-order valence-corrected chi connectivity index (χ0v) is 11.4. The molecule has 102 valence electrons. The van der Waals surface area contributed by atoms with Crippen LogP contribution < -0.4 is 4.74 Å². The maximum atomic E-state index is 5.82. The van der Waals surface area contributed by atoms with Gasteiger partial charge in [-0.25, -0.2) is 9.97 Å². The van der Waals surface area contributed by atoms with Gasteiger partial charge in [0.2, 0.25) is 5.71 Å². The lowest BCUT2D eigenvalue weighted by Crippen LogP contribution is -1.82. The molecule has 2 aromatic carbocycles. The molecule has 0 atom stereocenters. The Balaban J connectivity index is 1.87. The molecule has 21 heavy (non-hydrogen) atoms. The van der Waals surface area contributed by atoms with Gasteiger partial charge in [-0.15, -0.1) is 0 Å². The first-order chi connectivity index (χ1) is 10.3. The van der Waals surface area contributed by atoms with Gasteiger partial charge in [0.05, 0.1) is 18.1 Å². The summed E-state index contributed by atoms with van der Waals surface area (Å²) in [6.45, 7) is 0. The molecule has 0 unspecified atom stereocenters. The number of methoxy groups -OCH3 is 1. The van der Waals surface area contributed by atoms with Gasteiger partial charge in [0, 0.05) is 11.6 Å². The number of rotatable bonds is 2. The van der Waals surface area contributed by atoms with Crippen molar-refractivity contribution in [3.8, 4) is 17.1 Å². The summed E-state index contributed by atoms with van der Waals surface area (Å²) in [7, 11) is 1.65. The minimum Gasteiger partial charge on any atom is -0.497 e.